The van der Waals surface area contributed by atoms with E-state index in [2.05, 4.69) is 0 Å². The summed E-state index contributed by atoms with van der Waals surface area (Å²) in [5.74, 6) is -1.14. The van der Waals surface area contributed by atoms with Gasteiger partial charge >= 0.3 is 0 Å². The number of ether oxygens (including phenoxy) is 1. The van der Waals surface area contributed by atoms with Gasteiger partial charge in [0.05, 0.1) is 5.97 Å². The normalized spacial score (nSPS) is 23.2. The SMILES string of the molecule is O=C([O-])[C@@H]1O[C@H]1c1ccc2ccccc2c1. The summed E-state index contributed by atoms with van der Waals surface area (Å²) >= 11 is 0. The van der Waals surface area contributed by atoms with Crippen LogP contribution in [-0.2, 0) is 9.53 Å². The maximum absolute atomic E-state index is 10.6. The molecule has 0 unspecified atom stereocenters. The van der Waals surface area contributed by atoms with E-state index in [1.54, 1.807) is 0 Å². The number of carbonyl (C=O) groups is 1. The lowest BCUT2D eigenvalue weighted by molar-refractivity contribution is -0.307. The Morgan fingerprint density at radius 1 is 1.12 bits per heavy atom. The van der Waals surface area contributed by atoms with Crippen LogP contribution in [0.1, 0.15) is 11.7 Å². The highest BCUT2D eigenvalue weighted by atomic mass is 16.6. The summed E-state index contributed by atoms with van der Waals surface area (Å²) in [6.45, 7) is 0. The topological polar surface area (TPSA) is 52.7 Å². The van der Waals surface area contributed by atoms with Crippen LogP contribution in [-0.4, -0.2) is 12.1 Å². The third kappa shape index (κ3) is 1.46. The number of aliphatic carboxylic acids is 1. The molecule has 2 atom stereocenters. The molecule has 0 saturated carbocycles. The Kier molecular flexibility index (Phi) is 1.94. The van der Waals surface area contributed by atoms with E-state index in [1.807, 2.05) is 42.5 Å². The molecule has 2 aromatic rings. The van der Waals surface area contributed by atoms with Crippen molar-refractivity contribution in [1.82, 2.24) is 0 Å². The first-order valence-corrected chi connectivity index (χ1v) is 5.11. The van der Waals surface area contributed by atoms with E-state index in [-0.39, 0.29) is 6.10 Å². The maximum Gasteiger partial charge on any atom is 0.128 e. The summed E-state index contributed by atoms with van der Waals surface area (Å²) in [4.78, 5) is 10.6. The number of hydrogen-bond donors (Lipinski definition) is 0. The molecule has 3 nitrogen and oxygen atoms in total. The number of fused-ring (bicyclic) bond motifs is 1. The van der Waals surface area contributed by atoms with Crippen LogP contribution in [0.15, 0.2) is 42.5 Å². The Bertz CT molecular complexity index is 562. The van der Waals surface area contributed by atoms with Crippen molar-refractivity contribution < 1.29 is 14.6 Å². The summed E-state index contributed by atoms with van der Waals surface area (Å²) < 4.78 is 5.05. The molecule has 0 radical (unpaired) electrons. The van der Waals surface area contributed by atoms with E-state index < -0.39 is 12.1 Å². The number of epoxide rings is 1. The molecule has 0 spiro atoms. The van der Waals surface area contributed by atoms with Gasteiger partial charge < -0.3 is 14.6 Å². The molecule has 1 fully saturated rings. The van der Waals surface area contributed by atoms with Crippen LogP contribution in [0.5, 0.6) is 0 Å². The van der Waals surface area contributed by atoms with Crippen molar-refractivity contribution in [3.8, 4) is 0 Å². The van der Waals surface area contributed by atoms with Gasteiger partial charge in [0, 0.05) is 0 Å². The van der Waals surface area contributed by atoms with Crippen LogP contribution in [0.3, 0.4) is 0 Å². The lowest BCUT2D eigenvalue weighted by Crippen LogP contribution is -2.28. The number of carboxylic acids is 1. The second-order valence-corrected chi connectivity index (χ2v) is 3.90. The molecule has 1 aliphatic heterocycles. The first kappa shape index (κ1) is 9.36. The highest BCUT2D eigenvalue weighted by Crippen LogP contribution is 2.39. The summed E-state index contributed by atoms with van der Waals surface area (Å²) in [6.07, 6.45) is -1.12. The molecular weight excluding hydrogens is 204 g/mol. The number of hydrogen-bond acceptors (Lipinski definition) is 3. The fourth-order valence-corrected chi connectivity index (χ4v) is 1.93. The predicted molar refractivity (Wildman–Crippen MR) is 56.6 cm³/mol. The first-order valence-electron chi connectivity index (χ1n) is 5.11. The van der Waals surface area contributed by atoms with Crippen LogP contribution in [0.4, 0.5) is 0 Å². The Balaban J connectivity index is 1.98. The van der Waals surface area contributed by atoms with Crippen molar-refractivity contribution in [3.63, 3.8) is 0 Å². The zero-order valence-corrected chi connectivity index (χ0v) is 8.42. The number of carbonyl (C=O) groups excluding carboxylic acids is 1. The van der Waals surface area contributed by atoms with Crippen LogP contribution in [0.2, 0.25) is 0 Å². The van der Waals surface area contributed by atoms with Crippen LogP contribution in [0, 0.1) is 0 Å². The number of carboxylic acid groups (broad SMARTS) is 1. The van der Waals surface area contributed by atoms with E-state index in [9.17, 15) is 9.90 Å². The zero-order chi connectivity index (χ0) is 11.1. The Morgan fingerprint density at radius 2 is 1.88 bits per heavy atom. The average molecular weight is 213 g/mol. The highest BCUT2D eigenvalue weighted by Gasteiger charge is 2.41. The van der Waals surface area contributed by atoms with Gasteiger partial charge in [-0.25, -0.2) is 0 Å². The Hall–Kier alpha value is -1.87. The average Bonchev–Trinajstić information content (AvgIpc) is 3.08. The van der Waals surface area contributed by atoms with Gasteiger partial charge in [-0.05, 0) is 22.4 Å². The van der Waals surface area contributed by atoms with Gasteiger partial charge in [-0.2, -0.15) is 0 Å². The van der Waals surface area contributed by atoms with Gasteiger partial charge in [-0.3, -0.25) is 0 Å². The van der Waals surface area contributed by atoms with E-state index in [0.29, 0.717) is 0 Å². The molecule has 0 aliphatic carbocycles. The van der Waals surface area contributed by atoms with E-state index in [0.717, 1.165) is 16.3 Å². The molecular formula is C13H9O3-. The molecule has 0 bridgehead atoms. The minimum atomic E-state index is -1.14. The Morgan fingerprint density at radius 3 is 2.56 bits per heavy atom. The molecule has 80 valence electrons. The zero-order valence-electron chi connectivity index (χ0n) is 8.42. The van der Waals surface area contributed by atoms with Gasteiger partial charge in [0.15, 0.2) is 0 Å². The second kappa shape index (κ2) is 3.32. The van der Waals surface area contributed by atoms with E-state index in [1.165, 1.54) is 0 Å². The second-order valence-electron chi connectivity index (χ2n) is 3.90. The molecule has 1 aliphatic rings. The van der Waals surface area contributed by atoms with Gasteiger partial charge in [-0.1, -0.05) is 36.4 Å². The standard InChI is InChI=1S/C13H10O3/c14-13(15)12-11(16-12)10-6-5-8-3-1-2-4-9(8)7-10/h1-7,11-12H,(H,14,15)/p-1/t11-,12+/m0/s1. The monoisotopic (exact) mass is 213 g/mol. The lowest BCUT2D eigenvalue weighted by Gasteiger charge is -2.01. The van der Waals surface area contributed by atoms with Crippen molar-refractivity contribution in [2.75, 3.05) is 0 Å². The smallest absolute Gasteiger partial charge is 0.128 e. The molecule has 1 saturated heterocycles. The summed E-state index contributed by atoms with van der Waals surface area (Å²) in [5.41, 5.74) is 0.896. The minimum Gasteiger partial charge on any atom is -0.547 e. The third-order valence-electron chi connectivity index (χ3n) is 2.83. The molecule has 3 rings (SSSR count). The maximum atomic E-state index is 10.6. The first-order chi connectivity index (χ1) is 7.75. The van der Waals surface area contributed by atoms with Crippen molar-refractivity contribution in [1.29, 1.82) is 0 Å². The summed E-state index contributed by atoms with van der Waals surface area (Å²) in [7, 11) is 0. The van der Waals surface area contributed by atoms with E-state index >= 15 is 0 Å². The molecule has 16 heavy (non-hydrogen) atoms. The van der Waals surface area contributed by atoms with Gasteiger partial charge in [0.2, 0.25) is 0 Å². The predicted octanol–water partition coefficient (Wildman–Crippen LogP) is 1.03. The molecule has 0 aromatic heterocycles. The minimum absolute atomic E-state index is 0.338. The molecule has 3 heteroatoms. The highest BCUT2D eigenvalue weighted by molar-refractivity contribution is 5.83. The van der Waals surface area contributed by atoms with Crippen molar-refractivity contribution in [2.24, 2.45) is 0 Å². The number of rotatable bonds is 2. The van der Waals surface area contributed by atoms with Crippen molar-refractivity contribution >= 4 is 16.7 Å². The molecule has 2 aromatic carbocycles. The van der Waals surface area contributed by atoms with E-state index in [4.69, 9.17) is 4.74 Å². The van der Waals surface area contributed by atoms with Gasteiger partial charge in [-0.15, -0.1) is 0 Å². The fraction of sp³-hybridized carbons (Fsp3) is 0.154. The van der Waals surface area contributed by atoms with Crippen LogP contribution in [0.25, 0.3) is 10.8 Å². The molecule has 0 N–H and O–H groups in total. The summed E-state index contributed by atoms with van der Waals surface area (Å²) in [5, 5.41) is 12.8. The van der Waals surface area contributed by atoms with Crippen LogP contribution < -0.4 is 5.11 Å². The number of benzene rings is 2. The van der Waals surface area contributed by atoms with Crippen LogP contribution >= 0.6 is 0 Å². The fourth-order valence-electron chi connectivity index (χ4n) is 1.93. The Labute approximate surface area is 92.3 Å². The third-order valence-corrected chi connectivity index (χ3v) is 2.83. The molecule has 0 amide bonds. The van der Waals surface area contributed by atoms with Crippen molar-refractivity contribution in [3.05, 3.63) is 48.0 Å². The quantitative estimate of drug-likeness (QED) is 0.700. The largest absolute Gasteiger partial charge is 0.547 e. The molecule has 1 heterocycles. The van der Waals surface area contributed by atoms with Gasteiger partial charge in [0.25, 0.3) is 0 Å². The van der Waals surface area contributed by atoms with Crippen molar-refractivity contribution in [2.45, 2.75) is 12.2 Å². The lowest BCUT2D eigenvalue weighted by atomic mass is 10.0. The summed E-state index contributed by atoms with van der Waals surface area (Å²) in [6, 6.07) is 13.8. The van der Waals surface area contributed by atoms with Gasteiger partial charge in [0.1, 0.15) is 12.2 Å².